The first-order chi connectivity index (χ1) is 15.8. The van der Waals surface area contributed by atoms with Crippen molar-refractivity contribution < 1.29 is 17.9 Å². The van der Waals surface area contributed by atoms with Gasteiger partial charge < -0.3 is 10.1 Å². The zero-order chi connectivity index (χ0) is 24.0. The second kappa shape index (κ2) is 11.3. The number of rotatable bonds is 9. The largest absolute Gasteiger partial charge is 0.492 e. The first-order valence-corrected chi connectivity index (χ1v) is 13.9. The van der Waals surface area contributed by atoms with E-state index < -0.39 is 22.5 Å². The number of hydrogen-bond donors (Lipinski definition) is 1. The first kappa shape index (κ1) is 25.4. The van der Waals surface area contributed by atoms with Crippen LogP contribution in [-0.4, -0.2) is 33.7 Å². The summed E-state index contributed by atoms with van der Waals surface area (Å²) >= 11 is 3.72. The van der Waals surface area contributed by atoms with Gasteiger partial charge in [0, 0.05) is 14.2 Å². The average Bonchev–Trinajstić information content (AvgIpc) is 2.80. The molecule has 1 amide bonds. The summed E-state index contributed by atoms with van der Waals surface area (Å²) in [6.45, 7) is 3.68. The maximum absolute atomic E-state index is 13.7. The molecule has 0 unspecified atom stereocenters. The summed E-state index contributed by atoms with van der Waals surface area (Å²) in [5, 5.41) is 2.84. The SMILES string of the molecule is CCOc1ccccc1N(CC(=O)Nc1ccc(I)cc1C)S(=O)(=O)c1ccc(SC)cc1. The molecule has 0 aliphatic heterocycles. The Balaban J connectivity index is 2.00. The zero-order valence-corrected chi connectivity index (χ0v) is 22.3. The fourth-order valence-electron chi connectivity index (χ4n) is 3.20. The van der Waals surface area contributed by atoms with E-state index in [1.54, 1.807) is 48.5 Å². The maximum atomic E-state index is 13.7. The number of halogens is 1. The van der Waals surface area contributed by atoms with E-state index in [0.717, 1.165) is 18.3 Å². The number of nitrogens with one attached hydrogen (secondary N) is 1. The number of anilines is 2. The van der Waals surface area contributed by atoms with Gasteiger partial charge in [0.15, 0.2) is 0 Å². The highest BCUT2D eigenvalue weighted by Gasteiger charge is 2.29. The highest BCUT2D eigenvalue weighted by atomic mass is 127. The van der Waals surface area contributed by atoms with Crippen molar-refractivity contribution in [3.8, 4) is 5.75 Å². The molecule has 0 heterocycles. The lowest BCUT2D eigenvalue weighted by Gasteiger charge is -2.26. The maximum Gasteiger partial charge on any atom is 0.264 e. The van der Waals surface area contributed by atoms with Crippen molar-refractivity contribution in [2.24, 2.45) is 0 Å². The van der Waals surface area contributed by atoms with Gasteiger partial charge in [-0.1, -0.05) is 12.1 Å². The smallest absolute Gasteiger partial charge is 0.264 e. The molecule has 0 bridgehead atoms. The molecule has 0 spiro atoms. The molecule has 3 rings (SSSR count). The minimum atomic E-state index is -4.04. The topological polar surface area (TPSA) is 75.7 Å². The summed E-state index contributed by atoms with van der Waals surface area (Å²) in [4.78, 5) is 14.1. The molecule has 0 aromatic heterocycles. The Bertz CT molecular complexity index is 1230. The van der Waals surface area contributed by atoms with E-state index in [1.165, 1.54) is 11.8 Å². The molecule has 0 saturated carbocycles. The van der Waals surface area contributed by atoms with Crippen LogP contribution >= 0.6 is 34.4 Å². The lowest BCUT2D eigenvalue weighted by Crippen LogP contribution is -2.38. The molecule has 1 N–H and O–H groups in total. The number of para-hydroxylation sites is 2. The molecule has 9 heteroatoms. The van der Waals surface area contributed by atoms with Gasteiger partial charge in [0.05, 0.1) is 17.2 Å². The third-order valence-electron chi connectivity index (χ3n) is 4.83. The number of benzene rings is 3. The van der Waals surface area contributed by atoms with Crippen LogP contribution in [0, 0.1) is 10.5 Å². The molecule has 0 saturated heterocycles. The Morgan fingerprint density at radius 3 is 2.42 bits per heavy atom. The normalized spacial score (nSPS) is 11.2. The monoisotopic (exact) mass is 596 g/mol. The van der Waals surface area contributed by atoms with Crippen LogP contribution < -0.4 is 14.4 Å². The molecule has 0 aliphatic carbocycles. The van der Waals surface area contributed by atoms with Gasteiger partial charge in [0.2, 0.25) is 5.91 Å². The van der Waals surface area contributed by atoms with E-state index in [-0.39, 0.29) is 4.90 Å². The van der Waals surface area contributed by atoms with Crippen molar-refractivity contribution in [1.29, 1.82) is 0 Å². The number of hydrogen-bond acceptors (Lipinski definition) is 5. The number of sulfonamides is 1. The molecular formula is C24H25IN2O4S2. The van der Waals surface area contributed by atoms with Crippen LogP contribution in [0.15, 0.2) is 76.5 Å². The van der Waals surface area contributed by atoms with Crippen LogP contribution in [0.3, 0.4) is 0 Å². The lowest BCUT2D eigenvalue weighted by atomic mass is 10.2. The predicted octanol–water partition coefficient (Wildman–Crippen LogP) is 5.55. The van der Waals surface area contributed by atoms with E-state index in [1.807, 2.05) is 38.3 Å². The number of nitrogens with zero attached hydrogens (tertiary/aromatic N) is 1. The number of carbonyl (C=O) groups excluding carboxylic acids is 1. The minimum Gasteiger partial charge on any atom is -0.492 e. The van der Waals surface area contributed by atoms with Crippen LogP contribution in [0.2, 0.25) is 0 Å². The van der Waals surface area contributed by atoms with Crippen molar-refractivity contribution in [1.82, 2.24) is 0 Å². The van der Waals surface area contributed by atoms with Gasteiger partial charge in [-0.15, -0.1) is 11.8 Å². The van der Waals surface area contributed by atoms with Crippen LogP contribution in [0.4, 0.5) is 11.4 Å². The number of carbonyl (C=O) groups is 1. The van der Waals surface area contributed by atoms with Crippen LogP contribution in [-0.2, 0) is 14.8 Å². The van der Waals surface area contributed by atoms with Gasteiger partial charge in [0.25, 0.3) is 10.0 Å². The summed E-state index contributed by atoms with van der Waals surface area (Å²) in [7, 11) is -4.04. The number of thioether (sulfide) groups is 1. The molecule has 0 atom stereocenters. The molecule has 0 fully saturated rings. The van der Waals surface area contributed by atoms with Crippen LogP contribution in [0.1, 0.15) is 12.5 Å². The Morgan fingerprint density at radius 1 is 1.09 bits per heavy atom. The Kier molecular flexibility index (Phi) is 8.66. The predicted molar refractivity (Wildman–Crippen MR) is 143 cm³/mol. The summed E-state index contributed by atoms with van der Waals surface area (Å²) < 4.78 is 35.2. The Morgan fingerprint density at radius 2 is 1.79 bits per heavy atom. The van der Waals surface area contributed by atoms with E-state index in [4.69, 9.17) is 4.74 Å². The molecule has 3 aromatic carbocycles. The summed E-state index contributed by atoms with van der Waals surface area (Å²) in [5.41, 5.74) is 1.84. The lowest BCUT2D eigenvalue weighted by molar-refractivity contribution is -0.114. The van der Waals surface area contributed by atoms with Crippen molar-refractivity contribution in [3.63, 3.8) is 0 Å². The third kappa shape index (κ3) is 6.21. The van der Waals surface area contributed by atoms with Gasteiger partial charge in [-0.05, 0) is 103 Å². The molecule has 33 heavy (non-hydrogen) atoms. The van der Waals surface area contributed by atoms with Gasteiger partial charge in [0.1, 0.15) is 12.3 Å². The quantitative estimate of drug-likeness (QED) is 0.259. The molecule has 6 nitrogen and oxygen atoms in total. The molecular weight excluding hydrogens is 571 g/mol. The standard InChI is InChI=1S/C24H25IN2O4S2/c1-4-31-23-8-6-5-7-22(23)27(33(29,30)20-12-10-19(32-3)11-13-20)16-24(28)26-21-14-9-18(25)15-17(21)2/h5-15H,4,16H2,1-3H3,(H,26,28). The number of aryl methyl sites for hydroxylation is 1. The Labute approximate surface area is 212 Å². The highest BCUT2D eigenvalue weighted by Crippen LogP contribution is 2.33. The van der Waals surface area contributed by atoms with Gasteiger partial charge in [-0.2, -0.15) is 0 Å². The van der Waals surface area contributed by atoms with E-state index >= 15 is 0 Å². The summed E-state index contributed by atoms with van der Waals surface area (Å²) in [5.74, 6) is -0.0579. The fraction of sp³-hybridized carbons (Fsp3) is 0.208. The second-order valence-corrected chi connectivity index (χ2v) is 11.1. The molecule has 0 radical (unpaired) electrons. The fourth-order valence-corrected chi connectivity index (χ4v) is 5.69. The van der Waals surface area contributed by atoms with Crippen molar-refractivity contribution in [2.45, 2.75) is 23.6 Å². The van der Waals surface area contributed by atoms with Gasteiger partial charge in [-0.25, -0.2) is 8.42 Å². The highest BCUT2D eigenvalue weighted by molar-refractivity contribution is 14.1. The Hall–Kier alpha value is -2.24. The van der Waals surface area contributed by atoms with E-state index in [0.29, 0.717) is 23.7 Å². The second-order valence-electron chi connectivity index (χ2n) is 7.10. The van der Waals surface area contributed by atoms with Crippen molar-refractivity contribution >= 4 is 61.7 Å². The number of ether oxygens (including phenoxy) is 1. The van der Waals surface area contributed by atoms with Gasteiger partial charge >= 0.3 is 0 Å². The molecule has 0 aliphatic rings. The molecule has 174 valence electrons. The zero-order valence-electron chi connectivity index (χ0n) is 18.5. The first-order valence-electron chi connectivity index (χ1n) is 10.2. The summed E-state index contributed by atoms with van der Waals surface area (Å²) in [6.07, 6.45) is 1.92. The average molecular weight is 597 g/mol. The van der Waals surface area contributed by atoms with Crippen molar-refractivity contribution in [3.05, 3.63) is 75.9 Å². The van der Waals surface area contributed by atoms with Crippen LogP contribution in [0.5, 0.6) is 5.75 Å². The minimum absolute atomic E-state index is 0.102. The van der Waals surface area contributed by atoms with Gasteiger partial charge in [-0.3, -0.25) is 9.10 Å². The van der Waals surface area contributed by atoms with E-state index in [9.17, 15) is 13.2 Å². The molecule has 3 aromatic rings. The summed E-state index contributed by atoms with van der Waals surface area (Å²) in [6, 6.07) is 19.1. The third-order valence-corrected chi connectivity index (χ3v) is 8.02. The van der Waals surface area contributed by atoms with Crippen LogP contribution in [0.25, 0.3) is 0 Å². The number of amides is 1. The van der Waals surface area contributed by atoms with Crippen molar-refractivity contribution in [2.75, 3.05) is 29.0 Å². The van der Waals surface area contributed by atoms with E-state index in [2.05, 4.69) is 27.9 Å².